The number of benzene rings is 2. The maximum atomic E-state index is 13.3. The molecule has 1 aliphatic heterocycles. The minimum absolute atomic E-state index is 0.0256. The summed E-state index contributed by atoms with van der Waals surface area (Å²) in [6.07, 6.45) is 3.64. The Labute approximate surface area is 158 Å². The van der Waals surface area contributed by atoms with E-state index in [1.165, 1.54) is 0 Å². The lowest BCUT2D eigenvalue weighted by Crippen LogP contribution is -2.29. The number of hydrogen-bond donors (Lipinski definition) is 2. The second-order valence-electron chi connectivity index (χ2n) is 6.67. The fourth-order valence-electron chi connectivity index (χ4n) is 3.47. The molecule has 1 saturated heterocycles. The van der Waals surface area contributed by atoms with E-state index in [1.807, 2.05) is 65.6 Å². The number of amides is 1. The molecule has 2 heterocycles. The molecule has 3 N–H and O–H groups in total. The van der Waals surface area contributed by atoms with Crippen LogP contribution < -0.4 is 11.1 Å². The van der Waals surface area contributed by atoms with Crippen molar-refractivity contribution in [3.05, 3.63) is 72.4 Å². The number of pyridine rings is 1. The quantitative estimate of drug-likeness (QED) is 0.729. The summed E-state index contributed by atoms with van der Waals surface area (Å²) in [5.74, 6) is 0.603. The van der Waals surface area contributed by atoms with Crippen LogP contribution in [0.4, 0.5) is 17.2 Å². The Balaban J connectivity index is 1.86. The zero-order chi connectivity index (χ0) is 18.6. The maximum Gasteiger partial charge on any atom is 0.256 e. The average molecular weight is 358 g/mol. The summed E-state index contributed by atoms with van der Waals surface area (Å²) in [5, 5.41) is 3.35. The fourth-order valence-corrected chi connectivity index (χ4v) is 3.47. The van der Waals surface area contributed by atoms with E-state index < -0.39 is 0 Å². The second kappa shape index (κ2) is 7.50. The van der Waals surface area contributed by atoms with Gasteiger partial charge in [-0.15, -0.1) is 0 Å². The van der Waals surface area contributed by atoms with Crippen molar-refractivity contribution in [3.63, 3.8) is 0 Å². The minimum Gasteiger partial charge on any atom is -0.397 e. The van der Waals surface area contributed by atoms with Gasteiger partial charge in [0.25, 0.3) is 5.91 Å². The van der Waals surface area contributed by atoms with Crippen molar-refractivity contribution in [1.29, 1.82) is 0 Å². The van der Waals surface area contributed by atoms with E-state index in [2.05, 4.69) is 10.3 Å². The van der Waals surface area contributed by atoms with Crippen LogP contribution in [0.1, 0.15) is 23.2 Å². The zero-order valence-corrected chi connectivity index (χ0v) is 15.1. The van der Waals surface area contributed by atoms with Crippen molar-refractivity contribution >= 4 is 23.1 Å². The minimum atomic E-state index is -0.0256. The molecule has 0 spiro atoms. The predicted molar refractivity (Wildman–Crippen MR) is 109 cm³/mol. The van der Waals surface area contributed by atoms with Crippen molar-refractivity contribution in [3.8, 4) is 11.1 Å². The van der Waals surface area contributed by atoms with Gasteiger partial charge in [-0.1, -0.05) is 48.5 Å². The van der Waals surface area contributed by atoms with E-state index in [4.69, 9.17) is 5.73 Å². The lowest BCUT2D eigenvalue weighted by atomic mass is 9.98. The number of carbonyl (C=O) groups is 1. The van der Waals surface area contributed by atoms with E-state index >= 15 is 0 Å². The molecule has 0 bridgehead atoms. The van der Waals surface area contributed by atoms with Crippen LogP contribution in [-0.4, -0.2) is 28.9 Å². The van der Waals surface area contributed by atoms with Crippen LogP contribution in [-0.2, 0) is 0 Å². The van der Waals surface area contributed by atoms with Crippen molar-refractivity contribution in [2.24, 2.45) is 0 Å². The highest BCUT2D eigenvalue weighted by molar-refractivity contribution is 6.08. The number of rotatable bonds is 4. The normalized spacial score (nSPS) is 13.6. The average Bonchev–Trinajstić information content (AvgIpc) is 3.25. The number of nitrogen functional groups attached to an aromatic ring is 1. The first-order valence-corrected chi connectivity index (χ1v) is 9.19. The first-order chi connectivity index (χ1) is 13.2. The van der Waals surface area contributed by atoms with E-state index in [9.17, 15) is 4.79 Å². The number of carbonyl (C=O) groups excluding carboxylic acids is 1. The smallest absolute Gasteiger partial charge is 0.256 e. The monoisotopic (exact) mass is 358 g/mol. The summed E-state index contributed by atoms with van der Waals surface area (Å²) in [4.78, 5) is 19.6. The van der Waals surface area contributed by atoms with E-state index in [0.717, 1.165) is 42.7 Å². The van der Waals surface area contributed by atoms with E-state index in [-0.39, 0.29) is 5.91 Å². The van der Waals surface area contributed by atoms with Crippen molar-refractivity contribution in [2.75, 3.05) is 24.1 Å². The summed E-state index contributed by atoms with van der Waals surface area (Å²) >= 11 is 0. The number of aromatic nitrogens is 1. The molecule has 1 fully saturated rings. The van der Waals surface area contributed by atoms with E-state index in [1.54, 1.807) is 6.20 Å². The van der Waals surface area contributed by atoms with Gasteiger partial charge in [0.2, 0.25) is 0 Å². The third kappa shape index (κ3) is 3.49. The molecule has 0 aliphatic carbocycles. The zero-order valence-electron chi connectivity index (χ0n) is 15.1. The van der Waals surface area contributed by atoms with Gasteiger partial charge < -0.3 is 16.0 Å². The number of nitrogens with one attached hydrogen (secondary N) is 1. The van der Waals surface area contributed by atoms with Gasteiger partial charge in [-0.3, -0.25) is 4.79 Å². The molecule has 1 amide bonds. The second-order valence-corrected chi connectivity index (χ2v) is 6.67. The molecule has 5 nitrogen and oxygen atoms in total. The molecule has 0 atom stereocenters. The van der Waals surface area contributed by atoms with Gasteiger partial charge in [-0.25, -0.2) is 4.98 Å². The fraction of sp³-hybridized carbons (Fsp3) is 0.182. The highest BCUT2D eigenvalue weighted by Crippen LogP contribution is 2.36. The van der Waals surface area contributed by atoms with Crippen LogP contribution in [0.5, 0.6) is 0 Å². The Kier molecular flexibility index (Phi) is 4.75. The van der Waals surface area contributed by atoms with Crippen LogP contribution in [0, 0.1) is 0 Å². The molecule has 2 aromatic carbocycles. The van der Waals surface area contributed by atoms with Gasteiger partial charge in [0.15, 0.2) is 0 Å². The lowest BCUT2D eigenvalue weighted by Gasteiger charge is -2.21. The van der Waals surface area contributed by atoms with Crippen LogP contribution in [0.2, 0.25) is 0 Å². The topological polar surface area (TPSA) is 71.2 Å². The number of para-hydroxylation sites is 1. The van der Waals surface area contributed by atoms with Gasteiger partial charge in [0.05, 0.1) is 17.4 Å². The largest absolute Gasteiger partial charge is 0.397 e. The number of nitrogens with two attached hydrogens (primary N) is 1. The molecule has 3 aromatic rings. The van der Waals surface area contributed by atoms with Crippen LogP contribution in [0.3, 0.4) is 0 Å². The molecule has 5 heteroatoms. The van der Waals surface area contributed by atoms with Gasteiger partial charge in [0.1, 0.15) is 5.82 Å². The molecule has 1 aromatic heterocycles. The highest BCUT2D eigenvalue weighted by Gasteiger charge is 2.27. The van der Waals surface area contributed by atoms with Crippen molar-refractivity contribution < 1.29 is 4.79 Å². The highest BCUT2D eigenvalue weighted by atomic mass is 16.2. The SMILES string of the molecule is Nc1cnc(Nc2ccccc2)c(-c2ccccc2)c1C(=O)N1CCCC1. The van der Waals surface area contributed by atoms with Crippen LogP contribution >= 0.6 is 0 Å². The molecule has 136 valence electrons. The Morgan fingerprint density at radius 2 is 1.59 bits per heavy atom. The van der Waals surface area contributed by atoms with Crippen molar-refractivity contribution in [1.82, 2.24) is 9.88 Å². The predicted octanol–water partition coefficient (Wildman–Crippen LogP) is 4.31. The van der Waals surface area contributed by atoms with Crippen molar-refractivity contribution in [2.45, 2.75) is 12.8 Å². The summed E-state index contributed by atoms with van der Waals surface area (Å²) in [6, 6.07) is 19.6. The third-order valence-electron chi connectivity index (χ3n) is 4.81. The van der Waals surface area contributed by atoms with Gasteiger partial charge in [0, 0.05) is 24.3 Å². The Hall–Kier alpha value is -3.34. The molecular weight excluding hydrogens is 336 g/mol. The number of nitrogens with zero attached hydrogens (tertiary/aromatic N) is 2. The summed E-state index contributed by atoms with van der Waals surface area (Å²) in [6.45, 7) is 1.55. The Morgan fingerprint density at radius 1 is 0.963 bits per heavy atom. The third-order valence-corrected chi connectivity index (χ3v) is 4.81. The first-order valence-electron chi connectivity index (χ1n) is 9.19. The first kappa shape index (κ1) is 17.1. The van der Waals surface area contributed by atoms with Crippen LogP contribution in [0.15, 0.2) is 66.9 Å². The standard InChI is InChI=1S/C22H22N4O/c23-18-15-24-21(25-17-11-5-2-6-12-17)19(16-9-3-1-4-10-16)20(18)22(27)26-13-7-8-14-26/h1-6,9-12,15H,7-8,13-14,23H2,(H,24,25). The summed E-state index contributed by atoms with van der Waals surface area (Å²) in [7, 11) is 0. The summed E-state index contributed by atoms with van der Waals surface area (Å²) in [5.41, 5.74) is 9.75. The lowest BCUT2D eigenvalue weighted by molar-refractivity contribution is 0.0794. The Bertz CT molecular complexity index is 935. The van der Waals surface area contributed by atoms with Gasteiger partial charge >= 0.3 is 0 Å². The summed E-state index contributed by atoms with van der Waals surface area (Å²) < 4.78 is 0. The maximum absolute atomic E-state index is 13.3. The molecule has 4 rings (SSSR count). The number of likely N-dealkylation sites (tertiary alicyclic amines) is 1. The van der Waals surface area contributed by atoms with E-state index in [0.29, 0.717) is 17.1 Å². The van der Waals surface area contributed by atoms with Gasteiger partial charge in [-0.2, -0.15) is 0 Å². The van der Waals surface area contributed by atoms with Gasteiger partial charge in [-0.05, 0) is 30.5 Å². The van der Waals surface area contributed by atoms with Crippen LogP contribution in [0.25, 0.3) is 11.1 Å². The molecule has 27 heavy (non-hydrogen) atoms. The number of hydrogen-bond acceptors (Lipinski definition) is 4. The Morgan fingerprint density at radius 3 is 2.26 bits per heavy atom. The molecule has 0 unspecified atom stereocenters. The molecule has 0 radical (unpaired) electrons. The molecule has 1 aliphatic rings. The molecule has 0 saturated carbocycles. The molecular formula is C22H22N4O. The number of anilines is 3.